The third-order valence-corrected chi connectivity index (χ3v) is 4.95. The van der Waals surface area contributed by atoms with Gasteiger partial charge in [-0.25, -0.2) is 0 Å². The first kappa shape index (κ1) is 22.1. The monoisotopic (exact) mass is 382 g/mol. The molecular formula is C19H27ClN2O4. The van der Waals surface area contributed by atoms with Crippen LogP contribution in [0.4, 0.5) is 4.79 Å². The third kappa shape index (κ3) is 5.27. The van der Waals surface area contributed by atoms with Crippen molar-refractivity contribution < 1.29 is 19.2 Å². The van der Waals surface area contributed by atoms with Crippen LogP contribution in [0.15, 0.2) is 22.8 Å². The number of carbonyl (C=O) groups is 4. The number of ketones is 2. The van der Waals surface area contributed by atoms with Crippen LogP contribution in [-0.2, 0) is 14.4 Å². The third-order valence-electron chi connectivity index (χ3n) is 4.66. The molecule has 144 valence electrons. The summed E-state index contributed by atoms with van der Waals surface area (Å²) in [5.41, 5.74) is 0.471. The van der Waals surface area contributed by atoms with Gasteiger partial charge < -0.3 is 9.80 Å². The second-order valence-corrected chi connectivity index (χ2v) is 7.75. The molecule has 6 nitrogen and oxygen atoms in total. The van der Waals surface area contributed by atoms with E-state index < -0.39 is 10.8 Å². The molecule has 7 heteroatoms. The number of halogens is 1. The van der Waals surface area contributed by atoms with Gasteiger partial charge in [0.05, 0.1) is 0 Å². The predicted molar refractivity (Wildman–Crippen MR) is 101 cm³/mol. The number of hydrogen-bond acceptors (Lipinski definition) is 4. The Morgan fingerprint density at radius 1 is 1.08 bits per heavy atom. The van der Waals surface area contributed by atoms with Crippen LogP contribution in [-0.4, -0.2) is 59.8 Å². The van der Waals surface area contributed by atoms with Gasteiger partial charge in [0.15, 0.2) is 11.6 Å². The van der Waals surface area contributed by atoms with Gasteiger partial charge in [0.1, 0.15) is 0 Å². The summed E-state index contributed by atoms with van der Waals surface area (Å²) in [6.45, 7) is 7.78. The number of carbonyl (C=O) groups excluding carboxylic acids is 4. The summed E-state index contributed by atoms with van der Waals surface area (Å²) in [7, 11) is 3.28. The van der Waals surface area contributed by atoms with E-state index in [0.29, 0.717) is 36.2 Å². The molecule has 0 aromatic heterocycles. The molecule has 2 amide bonds. The van der Waals surface area contributed by atoms with E-state index >= 15 is 0 Å². The van der Waals surface area contributed by atoms with Gasteiger partial charge in [-0.2, -0.15) is 0 Å². The van der Waals surface area contributed by atoms with Crippen LogP contribution in [0.1, 0.15) is 40.5 Å². The maximum Gasteiger partial charge on any atom is 0.316 e. The van der Waals surface area contributed by atoms with Crippen molar-refractivity contribution in [3.8, 4) is 0 Å². The average molecular weight is 383 g/mol. The highest BCUT2D eigenvalue weighted by Crippen LogP contribution is 2.37. The Morgan fingerprint density at radius 3 is 2.15 bits per heavy atom. The van der Waals surface area contributed by atoms with E-state index in [0.717, 1.165) is 0 Å². The largest absolute Gasteiger partial charge is 0.346 e. The number of rotatable bonds is 7. The topological polar surface area (TPSA) is 74.8 Å². The molecule has 1 aliphatic carbocycles. The van der Waals surface area contributed by atoms with E-state index in [1.54, 1.807) is 46.7 Å². The summed E-state index contributed by atoms with van der Waals surface area (Å²) < 4.78 is 0. The molecule has 0 saturated carbocycles. The zero-order valence-corrected chi connectivity index (χ0v) is 17.1. The summed E-state index contributed by atoms with van der Waals surface area (Å²) in [6.07, 6.45) is 2.06. The summed E-state index contributed by atoms with van der Waals surface area (Å²) in [5, 5.41) is -0.536. The Labute approximate surface area is 159 Å². The Kier molecular flexibility index (Phi) is 7.33. The molecule has 0 heterocycles. The van der Waals surface area contributed by atoms with Crippen LogP contribution < -0.4 is 0 Å². The van der Waals surface area contributed by atoms with E-state index in [4.69, 9.17) is 11.6 Å². The minimum Gasteiger partial charge on any atom is -0.346 e. The van der Waals surface area contributed by atoms with Gasteiger partial charge in [-0.05, 0) is 37.9 Å². The predicted octanol–water partition coefficient (Wildman–Crippen LogP) is 2.96. The molecule has 1 aliphatic rings. The molecule has 0 aliphatic heterocycles. The number of amides is 2. The van der Waals surface area contributed by atoms with Gasteiger partial charge in [-0.1, -0.05) is 13.8 Å². The number of hydrogen-bond donors (Lipinski definition) is 0. The standard InChI is InChI=1S/C19H27ClN2O4/c1-12-10-14(23)13(2)16(17(12)25)19(3,4)11-15(24)21(5)8-7-9-22(6)18(20)26/h10H,7-9,11H2,1-6H3. The van der Waals surface area contributed by atoms with Gasteiger partial charge in [0.25, 0.3) is 0 Å². The van der Waals surface area contributed by atoms with Crippen molar-refractivity contribution in [3.05, 3.63) is 22.8 Å². The van der Waals surface area contributed by atoms with Crippen LogP contribution in [0, 0.1) is 5.41 Å². The molecule has 0 bridgehead atoms. The molecule has 26 heavy (non-hydrogen) atoms. The van der Waals surface area contributed by atoms with Gasteiger partial charge in [0.2, 0.25) is 5.91 Å². The van der Waals surface area contributed by atoms with Crippen LogP contribution in [0.25, 0.3) is 0 Å². The van der Waals surface area contributed by atoms with Crippen LogP contribution >= 0.6 is 11.6 Å². The molecule has 0 fully saturated rings. The Morgan fingerprint density at radius 2 is 1.62 bits per heavy atom. The van der Waals surface area contributed by atoms with Crippen molar-refractivity contribution >= 4 is 34.4 Å². The van der Waals surface area contributed by atoms with Gasteiger partial charge in [-0.3, -0.25) is 19.2 Å². The van der Waals surface area contributed by atoms with E-state index in [9.17, 15) is 19.2 Å². The zero-order chi connectivity index (χ0) is 20.2. The molecule has 1 rings (SSSR count). The van der Waals surface area contributed by atoms with Crippen LogP contribution in [0.2, 0.25) is 0 Å². The highest BCUT2D eigenvalue weighted by Gasteiger charge is 2.37. The number of Topliss-reactive ketones (excluding diaryl/α,β-unsaturated/α-hetero) is 1. The van der Waals surface area contributed by atoms with Gasteiger partial charge >= 0.3 is 5.37 Å². The maximum atomic E-state index is 12.6. The number of nitrogens with zero attached hydrogens (tertiary/aromatic N) is 2. The first-order valence-electron chi connectivity index (χ1n) is 8.51. The van der Waals surface area contributed by atoms with Crippen LogP contribution in [0.5, 0.6) is 0 Å². The smallest absolute Gasteiger partial charge is 0.316 e. The molecule has 0 atom stereocenters. The summed E-state index contributed by atoms with van der Waals surface area (Å²) in [5.74, 6) is -0.479. The fraction of sp³-hybridized carbons (Fsp3) is 0.579. The van der Waals surface area contributed by atoms with Crippen molar-refractivity contribution in [2.45, 2.75) is 40.5 Å². The quantitative estimate of drug-likeness (QED) is 0.385. The van der Waals surface area contributed by atoms with E-state index in [-0.39, 0.29) is 23.9 Å². The minimum atomic E-state index is -0.749. The highest BCUT2D eigenvalue weighted by molar-refractivity contribution is 6.62. The first-order valence-corrected chi connectivity index (χ1v) is 8.89. The second kappa shape index (κ2) is 8.62. The lowest BCUT2D eigenvalue weighted by Crippen LogP contribution is -2.36. The zero-order valence-electron chi connectivity index (χ0n) is 16.3. The highest BCUT2D eigenvalue weighted by atomic mass is 35.5. The minimum absolute atomic E-state index is 0.118. The molecule has 0 saturated heterocycles. The normalized spacial score (nSPS) is 15.1. The van der Waals surface area contributed by atoms with Crippen molar-refractivity contribution in [1.29, 1.82) is 0 Å². The molecule has 0 unspecified atom stereocenters. The van der Waals surface area contributed by atoms with E-state index in [2.05, 4.69) is 0 Å². The summed E-state index contributed by atoms with van der Waals surface area (Å²) in [4.78, 5) is 51.1. The summed E-state index contributed by atoms with van der Waals surface area (Å²) in [6, 6.07) is 0. The van der Waals surface area contributed by atoms with Crippen LogP contribution in [0.3, 0.4) is 0 Å². The molecule has 0 radical (unpaired) electrons. The van der Waals surface area contributed by atoms with Crippen molar-refractivity contribution in [3.63, 3.8) is 0 Å². The lowest BCUT2D eigenvalue weighted by molar-refractivity contribution is -0.131. The van der Waals surface area contributed by atoms with Crippen molar-refractivity contribution in [2.75, 3.05) is 27.2 Å². The Balaban J connectivity index is 2.78. The maximum absolute atomic E-state index is 12.6. The van der Waals surface area contributed by atoms with Gasteiger partial charge in [-0.15, -0.1) is 0 Å². The van der Waals surface area contributed by atoms with E-state index in [1.165, 1.54) is 11.0 Å². The van der Waals surface area contributed by atoms with Gasteiger partial charge in [0, 0.05) is 55.7 Å². The fourth-order valence-corrected chi connectivity index (χ4v) is 3.12. The lowest BCUT2D eigenvalue weighted by Gasteiger charge is -2.32. The average Bonchev–Trinajstić information content (AvgIpc) is 2.52. The Bertz CT molecular complexity index is 692. The Hall–Kier alpha value is -1.95. The number of allylic oxidation sites excluding steroid dienone is 4. The lowest BCUT2D eigenvalue weighted by atomic mass is 9.72. The molecule has 0 spiro atoms. The summed E-state index contributed by atoms with van der Waals surface area (Å²) >= 11 is 5.37. The fourth-order valence-electron chi connectivity index (χ4n) is 3.04. The molecule has 0 N–H and O–H groups in total. The first-order chi connectivity index (χ1) is 11.9. The van der Waals surface area contributed by atoms with Crippen molar-refractivity contribution in [1.82, 2.24) is 9.80 Å². The SMILES string of the molecule is CC1=CC(=O)C(C)=C(C(C)(C)CC(=O)N(C)CCCN(C)C(=O)Cl)C1=O. The molecule has 0 aromatic rings. The molecule has 0 aromatic carbocycles. The second-order valence-electron chi connectivity index (χ2n) is 7.42. The van der Waals surface area contributed by atoms with E-state index in [1.807, 2.05) is 0 Å². The molecular weight excluding hydrogens is 356 g/mol. The van der Waals surface area contributed by atoms with Crippen molar-refractivity contribution in [2.24, 2.45) is 5.41 Å².